The number of pyridine rings is 1. The van der Waals surface area contributed by atoms with Gasteiger partial charge in [0.25, 0.3) is 0 Å². The average Bonchev–Trinajstić information content (AvgIpc) is 2.96. The maximum absolute atomic E-state index is 15.4. The van der Waals surface area contributed by atoms with Crippen molar-refractivity contribution in [2.24, 2.45) is 11.7 Å². The van der Waals surface area contributed by atoms with E-state index < -0.39 is 17.0 Å². The molecule has 7 nitrogen and oxygen atoms in total. The lowest BCUT2D eigenvalue weighted by atomic mass is 9.63. The predicted molar refractivity (Wildman–Crippen MR) is 163 cm³/mol. The second kappa shape index (κ2) is 11.9. The number of nitrogens with two attached hydrogens (primary N) is 1. The van der Waals surface area contributed by atoms with E-state index in [0.717, 1.165) is 36.8 Å². The number of amides is 2. The van der Waals surface area contributed by atoms with Gasteiger partial charge in [-0.1, -0.05) is 49.4 Å². The summed E-state index contributed by atoms with van der Waals surface area (Å²) in [5.74, 6) is -0.0523. The van der Waals surface area contributed by atoms with Gasteiger partial charge in [-0.15, -0.1) is 0 Å². The molecule has 1 heterocycles. The smallest absolute Gasteiger partial charge is 0.224 e. The van der Waals surface area contributed by atoms with Gasteiger partial charge in [-0.05, 0) is 69.1 Å². The second-order valence-electron chi connectivity index (χ2n) is 12.5. The van der Waals surface area contributed by atoms with Crippen LogP contribution < -0.4 is 11.1 Å². The Bertz CT molecular complexity index is 1440. The Morgan fingerprint density at radius 3 is 2.38 bits per heavy atom. The van der Waals surface area contributed by atoms with Crippen molar-refractivity contribution in [3.63, 3.8) is 0 Å². The van der Waals surface area contributed by atoms with E-state index >= 15 is 4.39 Å². The number of carbonyl (C=O) groups is 2. The molecule has 2 aromatic carbocycles. The van der Waals surface area contributed by atoms with E-state index in [1.807, 2.05) is 61.3 Å². The molecule has 0 radical (unpaired) electrons. The first-order valence-corrected chi connectivity index (χ1v) is 14.9. The topological polar surface area (TPSA) is 109 Å². The van der Waals surface area contributed by atoms with Crippen LogP contribution in [0, 0.1) is 11.7 Å². The molecule has 5 rings (SSSR count). The molecule has 222 valence electrons. The van der Waals surface area contributed by atoms with Crippen LogP contribution >= 0.6 is 0 Å². The Hall–Kier alpha value is -3.62. The largest absolute Gasteiger partial charge is 0.390 e. The van der Waals surface area contributed by atoms with Gasteiger partial charge in [0, 0.05) is 48.2 Å². The number of anilines is 1. The minimum Gasteiger partial charge on any atom is -0.390 e. The summed E-state index contributed by atoms with van der Waals surface area (Å²) >= 11 is 0. The van der Waals surface area contributed by atoms with Gasteiger partial charge in [-0.3, -0.25) is 14.6 Å². The molecule has 2 saturated carbocycles. The molecule has 8 heteroatoms. The highest BCUT2D eigenvalue weighted by molar-refractivity contribution is 5.93. The van der Waals surface area contributed by atoms with Crippen molar-refractivity contribution in [3.05, 3.63) is 72.2 Å². The monoisotopic (exact) mass is 572 g/mol. The molecule has 0 saturated heterocycles. The zero-order valence-electron chi connectivity index (χ0n) is 24.7. The number of aliphatic hydroxyl groups is 1. The van der Waals surface area contributed by atoms with Gasteiger partial charge >= 0.3 is 0 Å². The molecule has 0 atom stereocenters. The van der Waals surface area contributed by atoms with Gasteiger partial charge in [0.15, 0.2) is 0 Å². The Morgan fingerprint density at radius 2 is 1.76 bits per heavy atom. The number of halogens is 1. The minimum atomic E-state index is -0.891. The van der Waals surface area contributed by atoms with E-state index in [1.165, 1.54) is 6.07 Å². The lowest BCUT2D eigenvalue weighted by Crippen LogP contribution is -2.58. The van der Waals surface area contributed by atoms with Crippen LogP contribution in [-0.2, 0) is 15.1 Å². The predicted octanol–water partition coefficient (Wildman–Crippen LogP) is 6.01. The molecule has 2 aliphatic rings. The SMILES string of the molecule is CCC(=O)N(C)C1CCC(CC(=O)Nc2cnc(-c3ccc([C@]4(N)C[C@](C)(O)C4)c(F)c3)c(-c3ccccc3)c2)CC1. The number of nitrogens with one attached hydrogen (secondary N) is 1. The molecule has 2 aliphatic carbocycles. The quantitative estimate of drug-likeness (QED) is 0.306. The number of hydrogen-bond acceptors (Lipinski definition) is 5. The van der Waals surface area contributed by atoms with Gasteiger partial charge in [-0.2, -0.15) is 0 Å². The highest BCUT2D eigenvalue weighted by Gasteiger charge is 2.50. The molecular weight excluding hydrogens is 531 g/mol. The summed E-state index contributed by atoms with van der Waals surface area (Å²) in [6, 6.07) is 16.8. The standard InChI is InChI=1S/C34H41FN4O3/c1-4-31(41)39(3)26-13-10-22(11-14-26)16-30(40)38-25-18-27(23-8-6-5-7-9-23)32(37-19-25)24-12-15-28(29(35)17-24)34(36)20-33(2,42)21-34/h5-9,12,15,17-19,22,26,42H,4,10-11,13-14,16,20-21,36H2,1-3H3,(H,38,40)/t22?,26?,33-,34-. The third-order valence-electron chi connectivity index (χ3n) is 8.96. The van der Waals surface area contributed by atoms with Crippen LogP contribution in [0.3, 0.4) is 0 Å². The number of benzene rings is 2. The zero-order valence-corrected chi connectivity index (χ0v) is 24.7. The van der Waals surface area contributed by atoms with Crippen LogP contribution in [0.1, 0.15) is 70.8 Å². The Balaban J connectivity index is 1.31. The van der Waals surface area contributed by atoms with Crippen LogP contribution in [0.4, 0.5) is 10.1 Å². The van der Waals surface area contributed by atoms with Crippen molar-refractivity contribution in [2.45, 2.75) is 82.4 Å². The normalized spacial score (nSPS) is 25.4. The first kappa shape index (κ1) is 29.9. The van der Waals surface area contributed by atoms with Crippen LogP contribution in [0.15, 0.2) is 60.8 Å². The highest BCUT2D eigenvalue weighted by Crippen LogP contribution is 2.47. The van der Waals surface area contributed by atoms with Gasteiger partial charge in [0.05, 0.1) is 23.2 Å². The van der Waals surface area contributed by atoms with Crippen molar-refractivity contribution in [1.29, 1.82) is 0 Å². The minimum absolute atomic E-state index is 0.0648. The lowest BCUT2D eigenvalue weighted by molar-refractivity contribution is -0.132. The summed E-state index contributed by atoms with van der Waals surface area (Å²) in [6.07, 6.45) is 6.79. The third kappa shape index (κ3) is 6.40. The molecule has 0 unspecified atom stereocenters. The fourth-order valence-corrected chi connectivity index (χ4v) is 6.83. The van der Waals surface area contributed by atoms with Gasteiger partial charge in [0.1, 0.15) is 5.82 Å². The van der Waals surface area contributed by atoms with Crippen LogP contribution in [-0.4, -0.2) is 45.5 Å². The van der Waals surface area contributed by atoms with E-state index in [-0.39, 0.29) is 23.8 Å². The number of aromatic nitrogens is 1. The van der Waals surface area contributed by atoms with E-state index in [0.29, 0.717) is 48.2 Å². The molecule has 0 aliphatic heterocycles. The van der Waals surface area contributed by atoms with Crippen molar-refractivity contribution < 1.29 is 19.1 Å². The van der Waals surface area contributed by atoms with E-state index in [1.54, 1.807) is 19.2 Å². The van der Waals surface area contributed by atoms with Crippen molar-refractivity contribution >= 4 is 17.5 Å². The van der Waals surface area contributed by atoms with Crippen LogP contribution in [0.2, 0.25) is 0 Å². The summed E-state index contributed by atoms with van der Waals surface area (Å²) in [4.78, 5) is 31.6. The average molecular weight is 573 g/mol. The molecule has 42 heavy (non-hydrogen) atoms. The summed E-state index contributed by atoms with van der Waals surface area (Å²) in [6.45, 7) is 3.59. The second-order valence-corrected chi connectivity index (χ2v) is 12.5. The van der Waals surface area contributed by atoms with E-state index in [2.05, 4.69) is 10.3 Å². The number of carbonyl (C=O) groups excluding carboxylic acids is 2. The van der Waals surface area contributed by atoms with E-state index in [9.17, 15) is 14.7 Å². The Kier molecular flexibility index (Phi) is 8.49. The zero-order chi connectivity index (χ0) is 30.1. The van der Waals surface area contributed by atoms with Crippen LogP contribution in [0.25, 0.3) is 22.4 Å². The summed E-state index contributed by atoms with van der Waals surface area (Å²) in [7, 11) is 1.88. The molecule has 0 bridgehead atoms. The first-order chi connectivity index (χ1) is 20.0. The fraction of sp³-hybridized carbons (Fsp3) is 0.441. The maximum Gasteiger partial charge on any atom is 0.224 e. The number of rotatable bonds is 8. The fourth-order valence-electron chi connectivity index (χ4n) is 6.83. The summed E-state index contributed by atoms with van der Waals surface area (Å²) < 4.78 is 15.4. The summed E-state index contributed by atoms with van der Waals surface area (Å²) in [5, 5.41) is 13.2. The van der Waals surface area contributed by atoms with Crippen molar-refractivity contribution in [1.82, 2.24) is 9.88 Å². The van der Waals surface area contributed by atoms with Gasteiger partial charge < -0.3 is 21.1 Å². The maximum atomic E-state index is 15.4. The van der Waals surface area contributed by atoms with E-state index in [4.69, 9.17) is 5.73 Å². The first-order valence-electron chi connectivity index (χ1n) is 14.9. The summed E-state index contributed by atoms with van der Waals surface area (Å²) in [5.41, 5.74) is 8.48. The van der Waals surface area contributed by atoms with Crippen LogP contribution in [0.5, 0.6) is 0 Å². The highest BCUT2D eigenvalue weighted by atomic mass is 19.1. The number of nitrogens with zero attached hydrogens (tertiary/aromatic N) is 2. The molecule has 1 aromatic heterocycles. The Morgan fingerprint density at radius 1 is 1.07 bits per heavy atom. The number of hydrogen-bond donors (Lipinski definition) is 3. The van der Waals surface area contributed by atoms with Gasteiger partial charge in [0.2, 0.25) is 11.8 Å². The molecular formula is C34H41FN4O3. The molecule has 0 spiro atoms. The molecule has 4 N–H and O–H groups in total. The molecule has 2 amide bonds. The van der Waals surface area contributed by atoms with Crippen molar-refractivity contribution in [3.8, 4) is 22.4 Å². The van der Waals surface area contributed by atoms with Crippen molar-refractivity contribution in [2.75, 3.05) is 12.4 Å². The Labute approximate surface area is 247 Å². The third-order valence-corrected chi connectivity index (χ3v) is 8.96. The molecule has 2 fully saturated rings. The molecule has 3 aromatic rings. The lowest BCUT2D eigenvalue weighted by Gasteiger charge is -2.49. The van der Waals surface area contributed by atoms with Gasteiger partial charge in [-0.25, -0.2) is 4.39 Å².